The third-order valence-corrected chi connectivity index (χ3v) is 2.26. The second-order valence-electron chi connectivity index (χ2n) is 4.17. The summed E-state index contributed by atoms with van der Waals surface area (Å²) in [4.78, 5) is 1.93. The molecule has 84 valence electrons. The third-order valence-electron chi connectivity index (χ3n) is 2.26. The molecule has 2 nitrogen and oxygen atoms in total. The average molecular weight is 210 g/mol. The van der Waals surface area contributed by atoms with Crippen LogP contribution >= 0.6 is 0 Å². The second kappa shape index (κ2) is 5.12. The smallest absolute Gasteiger partial charge is 0.129 e. The summed E-state index contributed by atoms with van der Waals surface area (Å²) >= 11 is 0. The van der Waals surface area contributed by atoms with Gasteiger partial charge in [0, 0.05) is 37.9 Å². The molecule has 0 atom stereocenters. The number of benzene rings is 1. The molecular weight excluding hydrogens is 191 g/mol. The van der Waals surface area contributed by atoms with E-state index >= 15 is 0 Å². The number of halogens is 1. The molecule has 0 radical (unpaired) electrons. The van der Waals surface area contributed by atoms with Crippen molar-refractivity contribution in [3.63, 3.8) is 0 Å². The number of rotatable bonds is 4. The number of hydrogen-bond acceptors (Lipinski definition) is 2. The lowest BCUT2D eigenvalue weighted by atomic mass is 10.1. The van der Waals surface area contributed by atoms with E-state index in [0.717, 1.165) is 11.3 Å². The molecule has 0 aromatic heterocycles. The van der Waals surface area contributed by atoms with Crippen LogP contribution in [0, 0.1) is 5.82 Å². The molecule has 0 unspecified atom stereocenters. The van der Waals surface area contributed by atoms with Crippen molar-refractivity contribution in [1.29, 1.82) is 0 Å². The molecule has 1 rings (SSSR count). The van der Waals surface area contributed by atoms with Crippen LogP contribution in [0.2, 0.25) is 0 Å². The van der Waals surface area contributed by atoms with Gasteiger partial charge in [-0.2, -0.15) is 0 Å². The molecule has 0 spiro atoms. The summed E-state index contributed by atoms with van der Waals surface area (Å²) in [5.41, 5.74) is 1.67. The van der Waals surface area contributed by atoms with Crippen molar-refractivity contribution >= 4 is 5.69 Å². The molecule has 0 saturated heterocycles. The molecule has 0 aliphatic rings. The highest BCUT2D eigenvalue weighted by molar-refractivity contribution is 5.53. The summed E-state index contributed by atoms with van der Waals surface area (Å²) in [6.07, 6.45) is 0. The first-order valence-electron chi connectivity index (χ1n) is 5.20. The monoisotopic (exact) mass is 210 g/mol. The maximum atomic E-state index is 13.6. The summed E-state index contributed by atoms with van der Waals surface area (Å²) in [5.74, 6) is -0.144. The quantitative estimate of drug-likeness (QED) is 0.821. The van der Waals surface area contributed by atoms with Gasteiger partial charge in [0.15, 0.2) is 0 Å². The fourth-order valence-corrected chi connectivity index (χ4v) is 1.45. The van der Waals surface area contributed by atoms with Gasteiger partial charge in [0.1, 0.15) is 5.82 Å². The van der Waals surface area contributed by atoms with Gasteiger partial charge in [0.25, 0.3) is 0 Å². The molecule has 3 heteroatoms. The zero-order valence-corrected chi connectivity index (χ0v) is 9.84. The molecular formula is C12H19FN2. The van der Waals surface area contributed by atoms with E-state index in [1.807, 2.05) is 25.1 Å². The van der Waals surface area contributed by atoms with E-state index in [4.69, 9.17) is 0 Å². The van der Waals surface area contributed by atoms with E-state index in [-0.39, 0.29) is 5.82 Å². The van der Waals surface area contributed by atoms with Gasteiger partial charge in [-0.3, -0.25) is 0 Å². The van der Waals surface area contributed by atoms with Crippen LogP contribution in [-0.4, -0.2) is 20.1 Å². The van der Waals surface area contributed by atoms with Crippen molar-refractivity contribution in [2.24, 2.45) is 0 Å². The Morgan fingerprint density at radius 3 is 2.53 bits per heavy atom. The summed E-state index contributed by atoms with van der Waals surface area (Å²) in [6, 6.07) is 5.54. The summed E-state index contributed by atoms with van der Waals surface area (Å²) in [6.45, 7) is 4.67. The van der Waals surface area contributed by atoms with Gasteiger partial charge < -0.3 is 10.2 Å². The Bertz CT molecular complexity index is 321. The van der Waals surface area contributed by atoms with Crippen LogP contribution in [0.1, 0.15) is 19.4 Å². The van der Waals surface area contributed by atoms with E-state index in [1.54, 1.807) is 6.07 Å². The Morgan fingerprint density at radius 2 is 2.00 bits per heavy atom. The van der Waals surface area contributed by atoms with E-state index < -0.39 is 0 Å². The van der Waals surface area contributed by atoms with Crippen molar-refractivity contribution in [1.82, 2.24) is 5.32 Å². The standard InChI is InChI=1S/C12H19FN2/c1-9(2)14-8-10-11(13)6-5-7-12(10)15(3)4/h5-7,9,14H,8H2,1-4H3. The van der Waals surface area contributed by atoms with Gasteiger partial charge in [-0.05, 0) is 12.1 Å². The Hall–Kier alpha value is -1.09. The number of anilines is 1. The second-order valence-corrected chi connectivity index (χ2v) is 4.17. The van der Waals surface area contributed by atoms with E-state index in [1.165, 1.54) is 6.07 Å². The van der Waals surface area contributed by atoms with Crippen LogP contribution in [0.5, 0.6) is 0 Å². The van der Waals surface area contributed by atoms with E-state index in [0.29, 0.717) is 12.6 Å². The minimum Gasteiger partial charge on any atom is -0.377 e. The largest absolute Gasteiger partial charge is 0.377 e. The number of nitrogens with one attached hydrogen (secondary N) is 1. The maximum Gasteiger partial charge on any atom is 0.129 e. The van der Waals surface area contributed by atoms with Gasteiger partial charge >= 0.3 is 0 Å². The third kappa shape index (κ3) is 3.20. The van der Waals surface area contributed by atoms with Crippen LogP contribution in [0.25, 0.3) is 0 Å². The van der Waals surface area contributed by atoms with Gasteiger partial charge in [0.2, 0.25) is 0 Å². The Kier molecular flexibility index (Phi) is 4.09. The molecule has 0 heterocycles. The van der Waals surface area contributed by atoms with Gasteiger partial charge in [-0.25, -0.2) is 4.39 Å². The van der Waals surface area contributed by atoms with Crippen molar-refractivity contribution in [2.75, 3.05) is 19.0 Å². The Balaban J connectivity index is 2.92. The zero-order valence-electron chi connectivity index (χ0n) is 9.84. The SMILES string of the molecule is CC(C)NCc1c(F)cccc1N(C)C. The lowest BCUT2D eigenvalue weighted by molar-refractivity contribution is 0.553. The van der Waals surface area contributed by atoms with Crippen molar-refractivity contribution in [2.45, 2.75) is 26.4 Å². The Morgan fingerprint density at radius 1 is 1.33 bits per heavy atom. The molecule has 0 amide bonds. The van der Waals surface area contributed by atoms with Crippen LogP contribution in [-0.2, 0) is 6.54 Å². The van der Waals surface area contributed by atoms with Gasteiger partial charge in [0.05, 0.1) is 0 Å². The normalized spacial score (nSPS) is 10.8. The Labute approximate surface area is 91.1 Å². The fourth-order valence-electron chi connectivity index (χ4n) is 1.45. The predicted octanol–water partition coefficient (Wildman–Crippen LogP) is 2.39. The lowest BCUT2D eigenvalue weighted by Gasteiger charge is -2.19. The minimum atomic E-state index is -0.144. The minimum absolute atomic E-state index is 0.144. The first-order valence-corrected chi connectivity index (χ1v) is 5.20. The average Bonchev–Trinajstić information content (AvgIpc) is 2.15. The van der Waals surface area contributed by atoms with Crippen LogP contribution in [0.15, 0.2) is 18.2 Å². The van der Waals surface area contributed by atoms with Crippen LogP contribution in [0.4, 0.5) is 10.1 Å². The van der Waals surface area contributed by atoms with Crippen molar-refractivity contribution in [3.05, 3.63) is 29.6 Å². The van der Waals surface area contributed by atoms with Crippen molar-refractivity contribution in [3.8, 4) is 0 Å². The van der Waals surface area contributed by atoms with Crippen LogP contribution < -0.4 is 10.2 Å². The predicted molar refractivity (Wildman–Crippen MR) is 62.7 cm³/mol. The summed E-state index contributed by atoms with van der Waals surface area (Å²) < 4.78 is 13.6. The van der Waals surface area contributed by atoms with Gasteiger partial charge in [-0.1, -0.05) is 19.9 Å². The highest BCUT2D eigenvalue weighted by Crippen LogP contribution is 2.21. The maximum absolute atomic E-state index is 13.6. The highest BCUT2D eigenvalue weighted by atomic mass is 19.1. The first kappa shape index (κ1) is 12.0. The van der Waals surface area contributed by atoms with Gasteiger partial charge in [-0.15, -0.1) is 0 Å². The molecule has 0 fully saturated rings. The molecule has 0 aliphatic carbocycles. The van der Waals surface area contributed by atoms with E-state index in [9.17, 15) is 4.39 Å². The lowest BCUT2D eigenvalue weighted by Crippen LogP contribution is -2.24. The highest BCUT2D eigenvalue weighted by Gasteiger charge is 2.09. The van der Waals surface area contributed by atoms with E-state index in [2.05, 4.69) is 19.2 Å². The number of nitrogens with zero attached hydrogens (tertiary/aromatic N) is 1. The molecule has 1 aromatic carbocycles. The fraction of sp³-hybridized carbons (Fsp3) is 0.500. The molecule has 1 N–H and O–H groups in total. The zero-order chi connectivity index (χ0) is 11.4. The topological polar surface area (TPSA) is 15.3 Å². The van der Waals surface area contributed by atoms with Crippen molar-refractivity contribution < 1.29 is 4.39 Å². The first-order chi connectivity index (χ1) is 7.02. The summed E-state index contributed by atoms with van der Waals surface area (Å²) in [5, 5.41) is 3.23. The van der Waals surface area contributed by atoms with Crippen LogP contribution in [0.3, 0.4) is 0 Å². The molecule has 15 heavy (non-hydrogen) atoms. The summed E-state index contributed by atoms with van der Waals surface area (Å²) in [7, 11) is 3.85. The molecule has 0 bridgehead atoms. The number of hydrogen-bond donors (Lipinski definition) is 1. The molecule has 0 aliphatic heterocycles. The molecule has 1 aromatic rings. The molecule has 0 saturated carbocycles.